The van der Waals surface area contributed by atoms with Crippen LogP contribution in [0.5, 0.6) is 0 Å². The zero-order valence-electron chi connectivity index (χ0n) is 10.2. The average Bonchev–Trinajstić information content (AvgIpc) is 2.81. The number of nitrogens with one attached hydrogen (secondary N) is 2. The molecule has 5 nitrogen and oxygen atoms in total. The average molecular weight is 269 g/mol. The summed E-state index contributed by atoms with van der Waals surface area (Å²) in [4.78, 5) is 0.157. The van der Waals surface area contributed by atoms with Crippen molar-refractivity contribution in [2.24, 2.45) is 5.14 Å². The molecule has 0 saturated carbocycles. The highest BCUT2D eigenvalue weighted by molar-refractivity contribution is 7.89. The van der Waals surface area contributed by atoms with Crippen LogP contribution in [0.4, 0.5) is 5.69 Å². The van der Waals surface area contributed by atoms with Crippen LogP contribution >= 0.6 is 0 Å². The smallest absolute Gasteiger partial charge is 0.240 e. The van der Waals surface area contributed by atoms with Gasteiger partial charge in [0.15, 0.2) is 0 Å². The molecule has 1 fully saturated rings. The number of hydrogen-bond acceptors (Lipinski definition) is 4. The molecule has 1 heterocycles. The molecular weight excluding hydrogens is 250 g/mol. The van der Waals surface area contributed by atoms with Gasteiger partial charge in [0.1, 0.15) is 4.90 Å². The summed E-state index contributed by atoms with van der Waals surface area (Å²) >= 11 is 0. The van der Waals surface area contributed by atoms with Crippen LogP contribution in [0.25, 0.3) is 0 Å². The maximum atomic E-state index is 11.4. The number of rotatable bonds is 5. The minimum absolute atomic E-state index is 0.157. The predicted molar refractivity (Wildman–Crippen MR) is 71.9 cm³/mol. The number of anilines is 1. The monoisotopic (exact) mass is 269 g/mol. The molecule has 4 N–H and O–H groups in total. The third-order valence-corrected chi connectivity index (χ3v) is 4.13. The second-order valence-corrected chi connectivity index (χ2v) is 6.08. The van der Waals surface area contributed by atoms with Gasteiger partial charge in [0.25, 0.3) is 0 Å². The number of sulfonamides is 1. The van der Waals surface area contributed by atoms with E-state index in [-0.39, 0.29) is 4.90 Å². The Morgan fingerprint density at radius 3 is 2.83 bits per heavy atom. The van der Waals surface area contributed by atoms with Crippen molar-refractivity contribution in [2.45, 2.75) is 30.2 Å². The molecule has 1 aliphatic heterocycles. The normalized spacial score (nSPS) is 19.9. The van der Waals surface area contributed by atoms with Crippen LogP contribution in [-0.4, -0.2) is 27.5 Å². The van der Waals surface area contributed by atoms with Gasteiger partial charge in [-0.1, -0.05) is 12.1 Å². The molecule has 0 amide bonds. The maximum absolute atomic E-state index is 11.4. The standard InChI is InChI=1S/C12H19N3O2S/c13-18(16,17)12-6-2-1-5-11(12)15-9-7-10-4-3-8-14-10/h1-2,5-6,10,14-15H,3-4,7-9H2,(H2,13,16,17). The van der Waals surface area contributed by atoms with Crippen molar-refractivity contribution in [1.29, 1.82) is 0 Å². The first-order chi connectivity index (χ1) is 8.57. The second kappa shape index (κ2) is 5.69. The topological polar surface area (TPSA) is 84.2 Å². The first-order valence-electron chi connectivity index (χ1n) is 6.16. The molecule has 100 valence electrons. The van der Waals surface area contributed by atoms with Crippen LogP contribution in [0.2, 0.25) is 0 Å². The number of primary sulfonamides is 1. The highest BCUT2D eigenvalue weighted by Gasteiger charge is 2.15. The van der Waals surface area contributed by atoms with E-state index in [2.05, 4.69) is 10.6 Å². The number of para-hydroxylation sites is 1. The minimum Gasteiger partial charge on any atom is -0.384 e. The van der Waals surface area contributed by atoms with Gasteiger partial charge < -0.3 is 10.6 Å². The Labute approximate surface area is 108 Å². The zero-order valence-corrected chi connectivity index (χ0v) is 11.0. The van der Waals surface area contributed by atoms with Crippen molar-refractivity contribution in [1.82, 2.24) is 5.32 Å². The molecule has 0 aliphatic carbocycles. The van der Waals surface area contributed by atoms with Gasteiger partial charge in [-0.15, -0.1) is 0 Å². The Morgan fingerprint density at radius 1 is 1.39 bits per heavy atom. The lowest BCUT2D eigenvalue weighted by atomic mass is 10.1. The lowest BCUT2D eigenvalue weighted by Crippen LogP contribution is -2.24. The summed E-state index contributed by atoms with van der Waals surface area (Å²) < 4.78 is 22.8. The first-order valence-corrected chi connectivity index (χ1v) is 7.71. The van der Waals surface area contributed by atoms with Gasteiger partial charge in [-0.3, -0.25) is 0 Å². The maximum Gasteiger partial charge on any atom is 0.240 e. The number of benzene rings is 1. The molecule has 1 atom stereocenters. The van der Waals surface area contributed by atoms with Crippen molar-refractivity contribution < 1.29 is 8.42 Å². The molecule has 2 rings (SSSR count). The van der Waals surface area contributed by atoms with Crippen molar-refractivity contribution in [2.75, 3.05) is 18.4 Å². The summed E-state index contributed by atoms with van der Waals surface area (Å²) in [5.41, 5.74) is 0.581. The quantitative estimate of drug-likeness (QED) is 0.741. The molecule has 1 aromatic rings. The Bertz CT molecular complexity index is 496. The van der Waals surface area contributed by atoms with E-state index in [0.717, 1.165) is 19.5 Å². The third-order valence-electron chi connectivity index (χ3n) is 3.16. The van der Waals surface area contributed by atoms with Crippen LogP contribution < -0.4 is 15.8 Å². The first kappa shape index (κ1) is 13.3. The summed E-state index contributed by atoms with van der Waals surface area (Å²) in [6.07, 6.45) is 3.40. The van der Waals surface area contributed by atoms with E-state index in [4.69, 9.17) is 5.14 Å². The minimum atomic E-state index is -3.66. The summed E-state index contributed by atoms with van der Waals surface area (Å²) in [5, 5.41) is 11.7. The van der Waals surface area contributed by atoms with Crippen LogP contribution in [0.3, 0.4) is 0 Å². The van der Waals surface area contributed by atoms with Crippen LogP contribution in [0.15, 0.2) is 29.2 Å². The summed E-state index contributed by atoms with van der Waals surface area (Å²) in [5.74, 6) is 0. The summed E-state index contributed by atoms with van der Waals surface area (Å²) in [6.45, 7) is 1.82. The van der Waals surface area contributed by atoms with Gasteiger partial charge in [-0.05, 0) is 37.9 Å². The van der Waals surface area contributed by atoms with Gasteiger partial charge in [-0.25, -0.2) is 13.6 Å². The fourth-order valence-electron chi connectivity index (χ4n) is 2.24. The summed E-state index contributed by atoms with van der Waals surface area (Å²) in [6, 6.07) is 7.26. The SMILES string of the molecule is NS(=O)(=O)c1ccccc1NCCC1CCCN1. The third kappa shape index (κ3) is 3.44. The molecule has 1 aromatic carbocycles. The lowest BCUT2D eigenvalue weighted by Gasteiger charge is -2.13. The summed E-state index contributed by atoms with van der Waals surface area (Å²) in [7, 11) is -3.66. The highest BCUT2D eigenvalue weighted by Crippen LogP contribution is 2.19. The molecule has 18 heavy (non-hydrogen) atoms. The van der Waals surface area contributed by atoms with E-state index < -0.39 is 10.0 Å². The van der Waals surface area contributed by atoms with Crippen molar-refractivity contribution >= 4 is 15.7 Å². The molecule has 0 aromatic heterocycles. The molecule has 6 heteroatoms. The second-order valence-electron chi connectivity index (χ2n) is 4.55. The van der Waals surface area contributed by atoms with E-state index in [9.17, 15) is 8.42 Å². The molecule has 0 bridgehead atoms. The van der Waals surface area contributed by atoms with Gasteiger partial charge >= 0.3 is 0 Å². The Morgan fingerprint density at radius 2 is 2.17 bits per heavy atom. The fourth-order valence-corrected chi connectivity index (χ4v) is 2.96. The van der Waals surface area contributed by atoms with Crippen molar-refractivity contribution in [3.8, 4) is 0 Å². The van der Waals surface area contributed by atoms with Crippen molar-refractivity contribution in [3.63, 3.8) is 0 Å². The van der Waals surface area contributed by atoms with E-state index >= 15 is 0 Å². The molecular formula is C12H19N3O2S. The van der Waals surface area contributed by atoms with E-state index in [1.165, 1.54) is 18.9 Å². The van der Waals surface area contributed by atoms with Gasteiger partial charge in [0, 0.05) is 12.6 Å². The molecule has 0 radical (unpaired) electrons. The van der Waals surface area contributed by atoms with Gasteiger partial charge in [-0.2, -0.15) is 0 Å². The Balaban J connectivity index is 1.96. The molecule has 1 unspecified atom stereocenters. The lowest BCUT2D eigenvalue weighted by molar-refractivity contribution is 0.574. The van der Waals surface area contributed by atoms with E-state index in [1.807, 2.05) is 0 Å². The van der Waals surface area contributed by atoms with E-state index in [0.29, 0.717) is 11.7 Å². The number of nitrogens with two attached hydrogens (primary N) is 1. The van der Waals surface area contributed by atoms with Crippen LogP contribution in [-0.2, 0) is 10.0 Å². The fraction of sp³-hybridized carbons (Fsp3) is 0.500. The molecule has 1 aliphatic rings. The van der Waals surface area contributed by atoms with E-state index in [1.54, 1.807) is 18.2 Å². The largest absolute Gasteiger partial charge is 0.384 e. The molecule has 1 saturated heterocycles. The Kier molecular flexibility index (Phi) is 4.21. The zero-order chi connectivity index (χ0) is 13.0. The van der Waals surface area contributed by atoms with Crippen LogP contribution in [0, 0.1) is 0 Å². The van der Waals surface area contributed by atoms with Crippen molar-refractivity contribution in [3.05, 3.63) is 24.3 Å². The van der Waals surface area contributed by atoms with Gasteiger partial charge in [0.2, 0.25) is 10.0 Å². The van der Waals surface area contributed by atoms with Crippen LogP contribution in [0.1, 0.15) is 19.3 Å². The highest BCUT2D eigenvalue weighted by atomic mass is 32.2. The van der Waals surface area contributed by atoms with Gasteiger partial charge in [0.05, 0.1) is 5.69 Å². The Hall–Kier alpha value is -1.11. The predicted octanol–water partition coefficient (Wildman–Crippen LogP) is 0.888. The number of hydrogen-bond donors (Lipinski definition) is 3. The molecule has 0 spiro atoms.